The summed E-state index contributed by atoms with van der Waals surface area (Å²) in [4.78, 5) is 13.9. The molecule has 4 rings (SSSR count). The molecular formula is C24H23N3O3S. The number of carbonyl (C=O) groups excluding carboxylic acids is 1. The maximum Gasteiger partial charge on any atom is 0.255 e. The molecule has 4 aromatic rings. The van der Waals surface area contributed by atoms with Crippen LogP contribution in [0.1, 0.15) is 15.9 Å². The molecule has 0 unspecified atom stereocenters. The minimum atomic E-state index is -0.166. The third-order valence-electron chi connectivity index (χ3n) is 4.66. The van der Waals surface area contributed by atoms with Crippen LogP contribution >= 0.6 is 11.3 Å². The third-order valence-corrected chi connectivity index (χ3v) is 5.54. The molecule has 0 radical (unpaired) electrons. The van der Waals surface area contributed by atoms with E-state index in [-0.39, 0.29) is 5.91 Å². The topological polar surface area (TPSA) is 65.4 Å². The third kappa shape index (κ3) is 5.32. The number of carbonyl (C=O) groups is 1. The molecule has 0 atom stereocenters. The molecule has 1 amide bonds. The first-order valence-corrected chi connectivity index (χ1v) is 10.8. The molecule has 0 bridgehead atoms. The van der Waals surface area contributed by atoms with Crippen LogP contribution in [0.2, 0.25) is 0 Å². The van der Waals surface area contributed by atoms with Gasteiger partial charge < -0.3 is 14.8 Å². The molecule has 0 aliphatic rings. The van der Waals surface area contributed by atoms with E-state index in [1.165, 1.54) is 0 Å². The van der Waals surface area contributed by atoms with Crippen LogP contribution in [0.4, 0.5) is 0 Å². The zero-order valence-electron chi connectivity index (χ0n) is 17.2. The van der Waals surface area contributed by atoms with E-state index in [0.29, 0.717) is 31.0 Å². The largest absolute Gasteiger partial charge is 0.497 e. The fraction of sp³-hybridized carbons (Fsp3) is 0.167. The number of thiophene rings is 1. The molecule has 0 aliphatic heterocycles. The number of amides is 1. The highest BCUT2D eigenvalue weighted by Gasteiger charge is 2.18. The molecule has 2 heterocycles. The van der Waals surface area contributed by atoms with Gasteiger partial charge in [0.15, 0.2) is 0 Å². The van der Waals surface area contributed by atoms with Gasteiger partial charge in [-0.3, -0.25) is 9.48 Å². The van der Waals surface area contributed by atoms with E-state index in [1.54, 1.807) is 18.4 Å². The Kier molecular flexibility index (Phi) is 6.64. The number of aromatic nitrogens is 2. The van der Waals surface area contributed by atoms with Crippen molar-refractivity contribution in [1.29, 1.82) is 0 Å². The molecular weight excluding hydrogens is 410 g/mol. The van der Waals surface area contributed by atoms with Crippen LogP contribution in [0.15, 0.2) is 78.3 Å². The van der Waals surface area contributed by atoms with Gasteiger partial charge in [0.05, 0.1) is 30.6 Å². The van der Waals surface area contributed by atoms with E-state index >= 15 is 0 Å². The first-order valence-electron chi connectivity index (χ1n) is 9.93. The van der Waals surface area contributed by atoms with Crippen molar-refractivity contribution >= 4 is 17.2 Å². The molecule has 0 saturated heterocycles. The highest BCUT2D eigenvalue weighted by Crippen LogP contribution is 2.27. The first-order chi connectivity index (χ1) is 15.2. The predicted octanol–water partition coefficient (Wildman–Crippen LogP) is 4.48. The highest BCUT2D eigenvalue weighted by atomic mass is 32.1. The smallest absolute Gasteiger partial charge is 0.255 e. The second kappa shape index (κ2) is 9.95. The summed E-state index contributed by atoms with van der Waals surface area (Å²) in [6.07, 6.45) is 1.81. The summed E-state index contributed by atoms with van der Waals surface area (Å²) >= 11 is 1.57. The Morgan fingerprint density at radius 2 is 1.81 bits per heavy atom. The van der Waals surface area contributed by atoms with Crippen molar-refractivity contribution in [2.24, 2.45) is 0 Å². The van der Waals surface area contributed by atoms with Crippen LogP contribution in [0.3, 0.4) is 0 Å². The van der Waals surface area contributed by atoms with Crippen LogP contribution in [0, 0.1) is 0 Å². The van der Waals surface area contributed by atoms with Crippen molar-refractivity contribution in [2.45, 2.75) is 6.54 Å². The Bertz CT molecular complexity index is 1110. The quantitative estimate of drug-likeness (QED) is 0.395. The van der Waals surface area contributed by atoms with Crippen LogP contribution in [0.5, 0.6) is 11.5 Å². The number of nitrogens with one attached hydrogen (secondary N) is 1. The Labute approximate surface area is 185 Å². The van der Waals surface area contributed by atoms with Crippen LogP contribution in [-0.2, 0) is 6.54 Å². The summed E-state index contributed by atoms with van der Waals surface area (Å²) in [5.41, 5.74) is 2.38. The van der Waals surface area contributed by atoms with Gasteiger partial charge in [0.25, 0.3) is 5.91 Å². The Morgan fingerprint density at radius 1 is 1.03 bits per heavy atom. The average Bonchev–Trinajstić information content (AvgIpc) is 3.48. The van der Waals surface area contributed by atoms with E-state index in [4.69, 9.17) is 9.47 Å². The molecule has 31 heavy (non-hydrogen) atoms. The maximum atomic E-state index is 12.9. The molecule has 0 fully saturated rings. The van der Waals surface area contributed by atoms with Crippen molar-refractivity contribution in [1.82, 2.24) is 15.1 Å². The van der Waals surface area contributed by atoms with Gasteiger partial charge in [-0.05, 0) is 41.3 Å². The van der Waals surface area contributed by atoms with Gasteiger partial charge in [-0.25, -0.2) is 0 Å². The lowest BCUT2D eigenvalue weighted by Crippen LogP contribution is -2.28. The fourth-order valence-electron chi connectivity index (χ4n) is 3.13. The van der Waals surface area contributed by atoms with Gasteiger partial charge in [-0.15, -0.1) is 11.3 Å². The molecule has 6 nitrogen and oxygen atoms in total. The van der Waals surface area contributed by atoms with Crippen molar-refractivity contribution in [3.05, 3.63) is 89.4 Å². The van der Waals surface area contributed by atoms with E-state index in [0.717, 1.165) is 21.9 Å². The SMILES string of the molecule is COc1ccc(OCCNC(=O)c2cn(Cc3ccccc3)nc2-c2cccs2)cc1. The van der Waals surface area contributed by atoms with Gasteiger partial charge in [-0.2, -0.15) is 5.10 Å². The van der Waals surface area contributed by atoms with Gasteiger partial charge in [0.2, 0.25) is 0 Å². The number of nitrogens with zero attached hydrogens (tertiary/aromatic N) is 2. The zero-order valence-corrected chi connectivity index (χ0v) is 18.0. The fourth-order valence-corrected chi connectivity index (χ4v) is 3.86. The van der Waals surface area contributed by atoms with Gasteiger partial charge in [0.1, 0.15) is 23.8 Å². The minimum absolute atomic E-state index is 0.166. The van der Waals surface area contributed by atoms with Gasteiger partial charge in [-0.1, -0.05) is 36.4 Å². The maximum absolute atomic E-state index is 12.9. The molecule has 0 aliphatic carbocycles. The minimum Gasteiger partial charge on any atom is -0.497 e. The summed E-state index contributed by atoms with van der Waals surface area (Å²) in [6.45, 7) is 1.36. The number of hydrogen-bond acceptors (Lipinski definition) is 5. The summed E-state index contributed by atoms with van der Waals surface area (Å²) in [5.74, 6) is 1.33. The van der Waals surface area contributed by atoms with E-state index in [9.17, 15) is 4.79 Å². The zero-order chi connectivity index (χ0) is 21.5. The monoisotopic (exact) mass is 433 g/mol. The van der Waals surface area contributed by atoms with Crippen molar-refractivity contribution < 1.29 is 14.3 Å². The number of methoxy groups -OCH3 is 1. The number of benzene rings is 2. The predicted molar refractivity (Wildman–Crippen MR) is 122 cm³/mol. The van der Waals surface area contributed by atoms with E-state index in [2.05, 4.69) is 10.4 Å². The molecule has 158 valence electrons. The van der Waals surface area contributed by atoms with Gasteiger partial charge >= 0.3 is 0 Å². The van der Waals surface area contributed by atoms with Crippen LogP contribution in [0.25, 0.3) is 10.6 Å². The summed E-state index contributed by atoms with van der Waals surface area (Å²) < 4.78 is 12.6. The lowest BCUT2D eigenvalue weighted by atomic mass is 10.2. The number of hydrogen-bond donors (Lipinski definition) is 1. The molecule has 2 aromatic heterocycles. The number of ether oxygens (including phenoxy) is 2. The molecule has 0 spiro atoms. The summed E-state index contributed by atoms with van der Waals surface area (Å²) in [7, 11) is 1.62. The van der Waals surface area contributed by atoms with E-state index in [1.807, 2.05) is 83.0 Å². The van der Waals surface area contributed by atoms with Crippen LogP contribution < -0.4 is 14.8 Å². The van der Waals surface area contributed by atoms with Crippen molar-refractivity contribution in [2.75, 3.05) is 20.3 Å². The summed E-state index contributed by atoms with van der Waals surface area (Å²) in [6, 6.07) is 21.3. The first kappa shape index (κ1) is 20.7. The van der Waals surface area contributed by atoms with Crippen molar-refractivity contribution in [3.63, 3.8) is 0 Å². The molecule has 2 aromatic carbocycles. The Morgan fingerprint density at radius 3 is 2.52 bits per heavy atom. The Hall–Kier alpha value is -3.58. The van der Waals surface area contributed by atoms with E-state index < -0.39 is 0 Å². The van der Waals surface area contributed by atoms with Crippen molar-refractivity contribution in [3.8, 4) is 22.1 Å². The molecule has 1 N–H and O–H groups in total. The van der Waals surface area contributed by atoms with Gasteiger partial charge in [0, 0.05) is 6.20 Å². The normalized spacial score (nSPS) is 10.6. The summed E-state index contributed by atoms with van der Waals surface area (Å²) in [5, 5.41) is 9.60. The number of rotatable bonds is 9. The molecule has 7 heteroatoms. The second-order valence-electron chi connectivity index (χ2n) is 6.83. The highest BCUT2D eigenvalue weighted by molar-refractivity contribution is 7.13. The standard InChI is InChI=1S/C24H23N3O3S/c1-29-19-9-11-20(12-10-19)30-14-13-25-24(28)21-17-27(16-18-6-3-2-4-7-18)26-23(21)22-8-5-15-31-22/h2-12,15,17H,13-14,16H2,1H3,(H,25,28). The molecule has 0 saturated carbocycles. The second-order valence-corrected chi connectivity index (χ2v) is 7.78. The average molecular weight is 434 g/mol. The lowest BCUT2D eigenvalue weighted by molar-refractivity contribution is 0.0947. The lowest BCUT2D eigenvalue weighted by Gasteiger charge is -2.08. The Balaban J connectivity index is 1.41. The van der Waals surface area contributed by atoms with Crippen LogP contribution in [-0.4, -0.2) is 35.9 Å².